The third-order valence-electron chi connectivity index (χ3n) is 8.76. The molecule has 1 heterocycles. The topological polar surface area (TPSA) is 137 Å². The molecular formula is C30H47N5O5. The minimum absolute atomic E-state index is 0.0888. The van der Waals surface area contributed by atoms with Gasteiger partial charge >= 0.3 is 6.03 Å². The molecule has 4 N–H and O–H groups in total. The van der Waals surface area contributed by atoms with Gasteiger partial charge < -0.3 is 26.2 Å². The van der Waals surface area contributed by atoms with Crippen LogP contribution >= 0.6 is 0 Å². The first-order chi connectivity index (χ1) is 18.7. The minimum atomic E-state index is -1.05. The third-order valence-corrected chi connectivity index (χ3v) is 8.76. The third kappa shape index (κ3) is 6.93. The van der Waals surface area contributed by atoms with Crippen molar-refractivity contribution in [1.82, 2.24) is 26.2 Å². The van der Waals surface area contributed by atoms with Gasteiger partial charge in [-0.15, -0.1) is 13.2 Å². The number of likely N-dealkylation sites (tertiary alicyclic amines) is 1. The molecule has 3 aliphatic rings. The summed E-state index contributed by atoms with van der Waals surface area (Å²) in [6.45, 7) is 17.5. The van der Waals surface area contributed by atoms with Gasteiger partial charge in [0.1, 0.15) is 12.1 Å². The summed E-state index contributed by atoms with van der Waals surface area (Å²) in [5, 5.41) is 11.1. The van der Waals surface area contributed by atoms with Crippen LogP contribution in [0.3, 0.4) is 0 Å². The van der Waals surface area contributed by atoms with Crippen molar-refractivity contribution in [2.75, 3.05) is 13.1 Å². The van der Waals surface area contributed by atoms with Gasteiger partial charge in [0.25, 0.3) is 5.91 Å². The van der Waals surface area contributed by atoms with Crippen LogP contribution in [0.5, 0.6) is 0 Å². The minimum Gasteiger partial charge on any atom is -0.346 e. The van der Waals surface area contributed by atoms with Gasteiger partial charge in [-0.2, -0.15) is 0 Å². The number of amides is 5. The predicted molar refractivity (Wildman–Crippen MR) is 153 cm³/mol. The molecule has 0 aromatic carbocycles. The second kappa shape index (κ2) is 12.6. The van der Waals surface area contributed by atoms with Crippen molar-refractivity contribution in [2.24, 2.45) is 22.7 Å². The van der Waals surface area contributed by atoms with Gasteiger partial charge in [-0.1, -0.05) is 59.6 Å². The molecule has 1 saturated heterocycles. The molecule has 0 spiro atoms. The zero-order chi connectivity index (χ0) is 29.8. The summed E-state index contributed by atoms with van der Waals surface area (Å²) in [5.74, 6) is -2.31. The van der Waals surface area contributed by atoms with Crippen LogP contribution in [-0.2, 0) is 19.2 Å². The van der Waals surface area contributed by atoms with E-state index in [1.54, 1.807) is 11.0 Å². The van der Waals surface area contributed by atoms with E-state index in [1.807, 2.05) is 20.8 Å². The second-order valence-corrected chi connectivity index (χ2v) is 13.1. The number of nitrogens with zero attached hydrogens (tertiary/aromatic N) is 1. The number of Topliss-reactive ketones (excluding diaryl/α,β-unsaturated/α-hetero) is 1. The highest BCUT2D eigenvalue weighted by molar-refractivity contribution is 6.38. The number of carbonyl (C=O) groups is 5. The molecule has 222 valence electrons. The van der Waals surface area contributed by atoms with Crippen molar-refractivity contribution in [2.45, 2.75) is 97.3 Å². The maximum absolute atomic E-state index is 14.0. The molecular weight excluding hydrogens is 510 g/mol. The van der Waals surface area contributed by atoms with Crippen molar-refractivity contribution in [3.8, 4) is 0 Å². The molecule has 5 amide bonds. The Morgan fingerprint density at radius 2 is 1.68 bits per heavy atom. The lowest BCUT2D eigenvalue weighted by atomic mass is 9.85. The SMILES string of the molecule is C=CCCC(NC(=O)[C@@H]1[C@@H]2[C@H](CN1C(=O)[C@@H](NC(=O)NC1CCCC1)C(C)(C)C)C2(C)C)C(=O)C(=O)NCC=C. The summed E-state index contributed by atoms with van der Waals surface area (Å²) < 4.78 is 0. The van der Waals surface area contributed by atoms with Crippen molar-refractivity contribution < 1.29 is 24.0 Å². The number of ketones is 1. The molecule has 0 radical (unpaired) electrons. The fourth-order valence-electron chi connectivity index (χ4n) is 6.28. The maximum Gasteiger partial charge on any atom is 0.315 e. The number of rotatable bonds is 12. The Morgan fingerprint density at radius 3 is 2.25 bits per heavy atom. The molecule has 2 aliphatic carbocycles. The lowest BCUT2D eigenvalue weighted by Crippen LogP contribution is -2.61. The molecule has 10 heteroatoms. The summed E-state index contributed by atoms with van der Waals surface area (Å²) in [4.78, 5) is 67.5. The van der Waals surface area contributed by atoms with Crippen LogP contribution in [0.2, 0.25) is 0 Å². The summed E-state index contributed by atoms with van der Waals surface area (Å²) in [6.07, 6.45) is 7.70. The summed E-state index contributed by atoms with van der Waals surface area (Å²) >= 11 is 0. The first-order valence-electron chi connectivity index (χ1n) is 14.5. The highest BCUT2D eigenvalue weighted by Gasteiger charge is 2.69. The van der Waals surface area contributed by atoms with E-state index in [-0.39, 0.29) is 48.2 Å². The van der Waals surface area contributed by atoms with E-state index in [2.05, 4.69) is 48.3 Å². The Labute approximate surface area is 238 Å². The largest absolute Gasteiger partial charge is 0.346 e. The molecule has 0 aromatic heterocycles. The zero-order valence-electron chi connectivity index (χ0n) is 24.7. The van der Waals surface area contributed by atoms with E-state index in [0.29, 0.717) is 13.0 Å². The normalized spacial score (nSPS) is 24.7. The first-order valence-corrected chi connectivity index (χ1v) is 14.5. The Kier molecular flexibility index (Phi) is 9.85. The second-order valence-electron chi connectivity index (χ2n) is 13.1. The van der Waals surface area contributed by atoms with Gasteiger partial charge in [-0.3, -0.25) is 19.2 Å². The predicted octanol–water partition coefficient (Wildman–Crippen LogP) is 2.45. The summed E-state index contributed by atoms with van der Waals surface area (Å²) in [7, 11) is 0. The van der Waals surface area contributed by atoms with E-state index in [4.69, 9.17) is 0 Å². The van der Waals surface area contributed by atoms with Gasteiger partial charge in [0.2, 0.25) is 17.6 Å². The zero-order valence-corrected chi connectivity index (χ0v) is 24.7. The standard InChI is InChI=1S/C30H47N5O5/c1-8-10-15-20(23(36)26(38)31-16-9-2)33-25(37)22-21-19(30(21,6)7)17-35(22)27(39)24(29(3,4)5)34-28(40)32-18-13-11-12-14-18/h8-9,18-22,24H,1-2,10-17H2,3-7H3,(H,31,38)(H,33,37)(H2,32,34,40)/t19-,20?,21-,22-,24+/m0/s1. The molecule has 2 saturated carbocycles. The van der Waals surface area contributed by atoms with Gasteiger partial charge in [0.05, 0.1) is 6.04 Å². The summed E-state index contributed by atoms with van der Waals surface area (Å²) in [5.41, 5.74) is -0.760. The molecule has 40 heavy (non-hydrogen) atoms. The van der Waals surface area contributed by atoms with Crippen LogP contribution in [0.25, 0.3) is 0 Å². The Bertz CT molecular complexity index is 1030. The Balaban J connectivity index is 1.80. The van der Waals surface area contributed by atoms with Crippen molar-refractivity contribution >= 4 is 29.5 Å². The molecule has 0 aromatic rings. The molecule has 3 fully saturated rings. The monoisotopic (exact) mass is 557 g/mol. The van der Waals surface area contributed by atoms with E-state index in [0.717, 1.165) is 25.7 Å². The lowest BCUT2D eigenvalue weighted by molar-refractivity contribution is -0.145. The highest BCUT2D eigenvalue weighted by atomic mass is 16.2. The van der Waals surface area contributed by atoms with Crippen LogP contribution in [0.4, 0.5) is 4.79 Å². The van der Waals surface area contributed by atoms with Gasteiger partial charge in [-0.25, -0.2) is 4.79 Å². The number of allylic oxidation sites excluding steroid dienone is 1. The lowest BCUT2D eigenvalue weighted by Gasteiger charge is -2.38. The number of nitrogens with one attached hydrogen (secondary N) is 4. The number of hydrogen-bond acceptors (Lipinski definition) is 5. The molecule has 1 aliphatic heterocycles. The summed E-state index contributed by atoms with van der Waals surface area (Å²) in [6, 6.07) is -3.00. The van der Waals surface area contributed by atoms with Crippen LogP contribution < -0.4 is 21.3 Å². The van der Waals surface area contributed by atoms with Gasteiger partial charge in [0.15, 0.2) is 0 Å². The van der Waals surface area contributed by atoms with Crippen LogP contribution in [-0.4, -0.2) is 71.7 Å². The van der Waals surface area contributed by atoms with Crippen LogP contribution in [0.15, 0.2) is 25.3 Å². The molecule has 1 unspecified atom stereocenters. The molecule has 3 rings (SSSR count). The highest BCUT2D eigenvalue weighted by Crippen LogP contribution is 2.65. The average molecular weight is 558 g/mol. The van der Waals surface area contributed by atoms with Crippen molar-refractivity contribution in [3.63, 3.8) is 0 Å². The van der Waals surface area contributed by atoms with E-state index in [1.165, 1.54) is 6.08 Å². The van der Waals surface area contributed by atoms with Crippen molar-refractivity contribution in [3.05, 3.63) is 25.3 Å². The molecule has 0 bridgehead atoms. The van der Waals surface area contributed by atoms with Crippen LogP contribution in [0, 0.1) is 22.7 Å². The molecule has 10 nitrogen and oxygen atoms in total. The average Bonchev–Trinajstić information content (AvgIpc) is 3.32. The number of piperidine rings is 1. The fraction of sp³-hybridized carbons (Fsp3) is 0.700. The Morgan fingerprint density at radius 1 is 1.02 bits per heavy atom. The fourth-order valence-corrected chi connectivity index (χ4v) is 6.28. The van der Waals surface area contributed by atoms with Gasteiger partial charge in [-0.05, 0) is 48.3 Å². The number of fused-ring (bicyclic) bond motifs is 1. The van der Waals surface area contributed by atoms with E-state index >= 15 is 0 Å². The number of hydrogen-bond donors (Lipinski definition) is 4. The van der Waals surface area contributed by atoms with Crippen molar-refractivity contribution in [1.29, 1.82) is 0 Å². The maximum atomic E-state index is 14.0. The van der Waals surface area contributed by atoms with E-state index < -0.39 is 41.1 Å². The van der Waals surface area contributed by atoms with Crippen LogP contribution in [0.1, 0.15) is 73.1 Å². The quantitative estimate of drug-likeness (QED) is 0.216. The number of carbonyl (C=O) groups excluding carboxylic acids is 5. The molecule has 5 atom stereocenters. The van der Waals surface area contributed by atoms with Gasteiger partial charge in [0, 0.05) is 19.1 Å². The van der Waals surface area contributed by atoms with E-state index in [9.17, 15) is 24.0 Å². The smallest absolute Gasteiger partial charge is 0.315 e. The number of urea groups is 1. The first kappa shape index (κ1) is 31.4. The Hall–Kier alpha value is -3.17.